The molecule has 11 heteroatoms. The SMILES string of the molecule is COc1ccc(OC)c(NC(=O)CN(c2c(C)n(C)n(-c3ccccc3)c2=O)S(=O)(=O)c2ccccc2)c1. The van der Waals surface area contributed by atoms with E-state index >= 15 is 0 Å². The summed E-state index contributed by atoms with van der Waals surface area (Å²) in [6.45, 7) is 0.971. The van der Waals surface area contributed by atoms with Crippen LogP contribution in [0.4, 0.5) is 11.4 Å². The topological polar surface area (TPSA) is 112 Å². The third-order valence-electron chi connectivity index (χ3n) is 6.07. The first-order valence-electron chi connectivity index (χ1n) is 11.6. The van der Waals surface area contributed by atoms with Crippen LogP contribution in [0.5, 0.6) is 11.5 Å². The number of anilines is 2. The second kappa shape index (κ2) is 10.9. The Morgan fingerprint density at radius 3 is 2.18 bits per heavy atom. The van der Waals surface area contributed by atoms with E-state index in [0.717, 1.165) is 4.31 Å². The maximum atomic E-state index is 13.8. The number of sulfonamides is 1. The minimum Gasteiger partial charge on any atom is -0.497 e. The van der Waals surface area contributed by atoms with E-state index in [1.54, 1.807) is 79.3 Å². The fourth-order valence-electron chi connectivity index (χ4n) is 4.08. The number of rotatable bonds is 9. The van der Waals surface area contributed by atoms with Gasteiger partial charge in [-0.05, 0) is 43.3 Å². The maximum Gasteiger partial charge on any atom is 0.296 e. The molecule has 3 aromatic carbocycles. The Balaban J connectivity index is 1.82. The summed E-state index contributed by atoms with van der Waals surface area (Å²) in [5, 5.41) is 2.69. The summed E-state index contributed by atoms with van der Waals surface area (Å²) >= 11 is 0. The Hall–Kier alpha value is -4.51. The third kappa shape index (κ3) is 5.00. The number of aromatic nitrogens is 2. The number of benzene rings is 3. The lowest BCUT2D eigenvalue weighted by Gasteiger charge is -2.23. The molecule has 38 heavy (non-hydrogen) atoms. The summed E-state index contributed by atoms with van der Waals surface area (Å²) in [4.78, 5) is 27.0. The lowest BCUT2D eigenvalue weighted by atomic mass is 10.2. The fourth-order valence-corrected chi connectivity index (χ4v) is 5.57. The number of methoxy groups -OCH3 is 2. The first kappa shape index (κ1) is 26.6. The molecule has 0 aliphatic heterocycles. The molecule has 0 spiro atoms. The molecular weight excluding hydrogens is 508 g/mol. The summed E-state index contributed by atoms with van der Waals surface area (Å²) in [7, 11) is 0.275. The van der Waals surface area contributed by atoms with E-state index in [-0.39, 0.29) is 10.6 Å². The Kier molecular flexibility index (Phi) is 7.58. The number of amides is 1. The Morgan fingerprint density at radius 1 is 0.947 bits per heavy atom. The van der Waals surface area contributed by atoms with Crippen LogP contribution in [0.3, 0.4) is 0 Å². The molecule has 1 aromatic heterocycles. The average molecular weight is 537 g/mol. The van der Waals surface area contributed by atoms with E-state index < -0.39 is 28.0 Å². The highest BCUT2D eigenvalue weighted by Gasteiger charge is 2.33. The van der Waals surface area contributed by atoms with Crippen LogP contribution >= 0.6 is 0 Å². The van der Waals surface area contributed by atoms with Crippen molar-refractivity contribution in [2.75, 3.05) is 30.4 Å². The molecule has 4 aromatic rings. The summed E-state index contributed by atoms with van der Waals surface area (Å²) < 4.78 is 42.0. The highest BCUT2D eigenvalue weighted by atomic mass is 32.2. The number of ether oxygens (including phenoxy) is 2. The van der Waals surface area contributed by atoms with Gasteiger partial charge in [0, 0.05) is 13.1 Å². The monoisotopic (exact) mass is 536 g/mol. The van der Waals surface area contributed by atoms with Crippen molar-refractivity contribution < 1.29 is 22.7 Å². The smallest absolute Gasteiger partial charge is 0.296 e. The second-order valence-corrected chi connectivity index (χ2v) is 10.2. The highest BCUT2D eigenvalue weighted by molar-refractivity contribution is 7.92. The summed E-state index contributed by atoms with van der Waals surface area (Å²) in [5.74, 6) is 0.156. The van der Waals surface area contributed by atoms with Gasteiger partial charge in [0.2, 0.25) is 5.91 Å². The van der Waals surface area contributed by atoms with Gasteiger partial charge < -0.3 is 14.8 Å². The molecule has 198 valence electrons. The van der Waals surface area contributed by atoms with Crippen LogP contribution in [0.2, 0.25) is 0 Å². The van der Waals surface area contributed by atoms with E-state index in [1.807, 2.05) is 6.07 Å². The van der Waals surface area contributed by atoms with Gasteiger partial charge in [-0.2, -0.15) is 0 Å². The second-order valence-electron chi connectivity index (χ2n) is 8.35. The number of hydrogen-bond donors (Lipinski definition) is 1. The van der Waals surface area contributed by atoms with Gasteiger partial charge in [-0.1, -0.05) is 36.4 Å². The van der Waals surface area contributed by atoms with Crippen molar-refractivity contribution in [3.05, 3.63) is 94.9 Å². The number of hydrogen-bond acceptors (Lipinski definition) is 6. The number of carbonyl (C=O) groups excluding carboxylic acids is 1. The van der Waals surface area contributed by atoms with E-state index in [4.69, 9.17) is 9.47 Å². The highest BCUT2D eigenvalue weighted by Crippen LogP contribution is 2.30. The van der Waals surface area contributed by atoms with E-state index in [0.29, 0.717) is 28.6 Å². The minimum absolute atomic E-state index is 0.0549. The zero-order chi connectivity index (χ0) is 27.4. The standard InChI is InChI=1S/C27H28N4O6S/c1-19-26(27(33)31(29(19)2)20-11-7-5-8-12-20)30(38(34,35)22-13-9-6-10-14-22)18-25(32)28-23-17-21(36-3)15-16-24(23)37-4/h5-17H,18H2,1-4H3,(H,28,32). The average Bonchev–Trinajstić information content (AvgIpc) is 3.15. The maximum absolute atomic E-state index is 13.8. The van der Waals surface area contributed by atoms with Gasteiger partial charge in [0.1, 0.15) is 23.7 Å². The molecule has 0 saturated heterocycles. The molecular formula is C27H28N4O6S. The van der Waals surface area contributed by atoms with Crippen molar-refractivity contribution in [2.45, 2.75) is 11.8 Å². The molecule has 10 nitrogen and oxygen atoms in total. The predicted molar refractivity (Wildman–Crippen MR) is 145 cm³/mol. The Bertz CT molecular complexity index is 1610. The van der Waals surface area contributed by atoms with Crippen LogP contribution in [-0.4, -0.2) is 44.5 Å². The van der Waals surface area contributed by atoms with Crippen molar-refractivity contribution in [3.8, 4) is 17.2 Å². The molecule has 0 saturated carbocycles. The molecule has 0 aliphatic carbocycles. The molecule has 0 fully saturated rings. The first-order chi connectivity index (χ1) is 18.2. The Morgan fingerprint density at radius 2 is 1.58 bits per heavy atom. The summed E-state index contributed by atoms with van der Waals surface area (Å²) in [6, 6.07) is 21.3. The predicted octanol–water partition coefficient (Wildman–Crippen LogP) is 3.34. The number of nitrogens with zero attached hydrogens (tertiary/aromatic N) is 3. The molecule has 0 radical (unpaired) electrons. The van der Waals surface area contributed by atoms with E-state index in [2.05, 4.69) is 5.32 Å². The molecule has 0 unspecified atom stereocenters. The van der Waals surface area contributed by atoms with Crippen LogP contribution in [0.1, 0.15) is 5.69 Å². The molecule has 0 atom stereocenters. The number of para-hydroxylation sites is 1. The van der Waals surface area contributed by atoms with Gasteiger partial charge in [0.25, 0.3) is 15.6 Å². The zero-order valence-electron chi connectivity index (χ0n) is 21.4. The van der Waals surface area contributed by atoms with Crippen LogP contribution in [0.15, 0.2) is 88.6 Å². The van der Waals surface area contributed by atoms with Gasteiger partial charge in [-0.3, -0.25) is 14.3 Å². The van der Waals surface area contributed by atoms with Gasteiger partial charge in [-0.15, -0.1) is 0 Å². The zero-order valence-corrected chi connectivity index (χ0v) is 22.2. The van der Waals surface area contributed by atoms with Crippen molar-refractivity contribution in [1.29, 1.82) is 0 Å². The molecule has 1 amide bonds. The van der Waals surface area contributed by atoms with Crippen LogP contribution in [0.25, 0.3) is 5.69 Å². The van der Waals surface area contributed by atoms with Crippen molar-refractivity contribution in [2.24, 2.45) is 7.05 Å². The van der Waals surface area contributed by atoms with Crippen LogP contribution in [-0.2, 0) is 21.9 Å². The molecule has 0 bridgehead atoms. The van der Waals surface area contributed by atoms with Gasteiger partial charge in [0.15, 0.2) is 0 Å². The molecule has 4 rings (SSSR count). The Labute approximate surface area is 220 Å². The lowest BCUT2D eigenvalue weighted by molar-refractivity contribution is -0.114. The summed E-state index contributed by atoms with van der Waals surface area (Å²) in [5.41, 5.74) is 0.498. The molecule has 1 N–H and O–H groups in total. The normalized spacial score (nSPS) is 11.2. The molecule has 1 heterocycles. The van der Waals surface area contributed by atoms with Crippen LogP contribution < -0.4 is 24.7 Å². The first-order valence-corrected chi connectivity index (χ1v) is 13.1. The minimum atomic E-state index is -4.31. The number of carbonyl (C=O) groups is 1. The summed E-state index contributed by atoms with van der Waals surface area (Å²) in [6.07, 6.45) is 0. The third-order valence-corrected chi connectivity index (χ3v) is 7.83. The van der Waals surface area contributed by atoms with Crippen molar-refractivity contribution in [1.82, 2.24) is 9.36 Å². The largest absolute Gasteiger partial charge is 0.497 e. The van der Waals surface area contributed by atoms with Crippen molar-refractivity contribution >= 4 is 27.3 Å². The molecule has 0 aliphatic rings. The van der Waals surface area contributed by atoms with Gasteiger partial charge in [-0.25, -0.2) is 17.4 Å². The van der Waals surface area contributed by atoms with Gasteiger partial charge in [0.05, 0.1) is 36.2 Å². The van der Waals surface area contributed by atoms with Crippen LogP contribution in [0, 0.1) is 6.92 Å². The number of nitrogens with one attached hydrogen (secondary N) is 1. The fraction of sp³-hybridized carbons (Fsp3) is 0.185. The van der Waals surface area contributed by atoms with Gasteiger partial charge >= 0.3 is 0 Å². The van der Waals surface area contributed by atoms with E-state index in [9.17, 15) is 18.0 Å². The lowest BCUT2D eigenvalue weighted by Crippen LogP contribution is -2.41. The van der Waals surface area contributed by atoms with Crippen molar-refractivity contribution in [3.63, 3.8) is 0 Å². The quantitative estimate of drug-likeness (QED) is 0.351. The van der Waals surface area contributed by atoms with E-state index in [1.165, 1.54) is 31.0 Å².